The summed E-state index contributed by atoms with van der Waals surface area (Å²) in [4.78, 5) is 59.1. The number of imide groups is 2. The molecule has 0 bridgehead atoms. The van der Waals surface area contributed by atoms with Gasteiger partial charge in [0.15, 0.2) is 0 Å². The summed E-state index contributed by atoms with van der Waals surface area (Å²) in [6.07, 6.45) is 4.55. The van der Waals surface area contributed by atoms with Crippen molar-refractivity contribution in [3.63, 3.8) is 0 Å². The van der Waals surface area contributed by atoms with Crippen molar-refractivity contribution in [3.05, 3.63) is 42.2 Å². The summed E-state index contributed by atoms with van der Waals surface area (Å²) in [5, 5.41) is 6.04. The number of likely N-dealkylation sites (N-methyl/N-ethyl adjacent to an activating group) is 1. The van der Waals surface area contributed by atoms with Crippen LogP contribution in [0.2, 0.25) is 0 Å². The third-order valence-electron chi connectivity index (χ3n) is 4.63. The van der Waals surface area contributed by atoms with Gasteiger partial charge in [-0.15, -0.1) is 0 Å². The first-order valence-electron chi connectivity index (χ1n) is 8.81. The Morgan fingerprint density at radius 1 is 1.31 bits per heavy atom. The standard InChI is InChI=1S/C18H16N6O5/c1-23(9-14-21-16(22-29-14)10-3-2-6-19-8-10)12-7-15(26)24(18(12)28)11-4-5-13(25)20-17(11)27/h2-3,6-8,11H,4-5,9H2,1H3,(H,20,25,27). The molecule has 0 radical (unpaired) electrons. The molecule has 0 spiro atoms. The number of amides is 4. The Bertz CT molecular complexity index is 1030. The van der Waals surface area contributed by atoms with Crippen LogP contribution in [-0.4, -0.2) is 61.6 Å². The summed E-state index contributed by atoms with van der Waals surface area (Å²) < 4.78 is 5.21. The van der Waals surface area contributed by atoms with E-state index in [-0.39, 0.29) is 31.0 Å². The molecular formula is C18H16N6O5. The van der Waals surface area contributed by atoms with Crippen molar-refractivity contribution in [2.75, 3.05) is 7.05 Å². The number of pyridine rings is 1. The highest BCUT2D eigenvalue weighted by molar-refractivity contribution is 6.18. The Hall–Kier alpha value is -3.89. The number of carbonyl (C=O) groups excluding carboxylic acids is 4. The van der Waals surface area contributed by atoms with E-state index in [1.807, 2.05) is 0 Å². The second-order valence-corrected chi connectivity index (χ2v) is 6.62. The minimum atomic E-state index is -1.00. The zero-order valence-electron chi connectivity index (χ0n) is 15.4. The van der Waals surface area contributed by atoms with Crippen LogP contribution in [0, 0.1) is 0 Å². The number of nitrogens with one attached hydrogen (secondary N) is 1. The molecule has 1 unspecified atom stereocenters. The lowest BCUT2D eigenvalue weighted by atomic mass is 10.0. The minimum Gasteiger partial charge on any atom is -0.361 e. The van der Waals surface area contributed by atoms with E-state index in [4.69, 9.17) is 4.52 Å². The van der Waals surface area contributed by atoms with Crippen LogP contribution in [0.4, 0.5) is 0 Å². The molecule has 1 saturated heterocycles. The number of aromatic nitrogens is 3. The Morgan fingerprint density at radius 2 is 2.14 bits per heavy atom. The quantitative estimate of drug-likeness (QED) is 0.670. The smallest absolute Gasteiger partial charge is 0.277 e. The molecule has 2 aromatic heterocycles. The van der Waals surface area contributed by atoms with Crippen molar-refractivity contribution in [2.24, 2.45) is 0 Å². The van der Waals surface area contributed by atoms with Crippen LogP contribution in [0.5, 0.6) is 0 Å². The van der Waals surface area contributed by atoms with Crippen LogP contribution in [0.1, 0.15) is 18.7 Å². The van der Waals surface area contributed by atoms with Gasteiger partial charge in [-0.2, -0.15) is 4.98 Å². The summed E-state index contributed by atoms with van der Waals surface area (Å²) in [6, 6.07) is 2.52. The minimum absolute atomic E-state index is 0.0672. The molecular weight excluding hydrogens is 380 g/mol. The molecule has 4 rings (SSSR count). The van der Waals surface area contributed by atoms with Crippen LogP contribution in [0.25, 0.3) is 11.4 Å². The van der Waals surface area contributed by atoms with Gasteiger partial charge >= 0.3 is 0 Å². The average molecular weight is 396 g/mol. The van der Waals surface area contributed by atoms with Crippen molar-refractivity contribution < 1.29 is 23.7 Å². The van der Waals surface area contributed by atoms with E-state index in [0.29, 0.717) is 11.4 Å². The van der Waals surface area contributed by atoms with E-state index >= 15 is 0 Å². The molecule has 4 heterocycles. The predicted molar refractivity (Wildman–Crippen MR) is 95.1 cm³/mol. The van der Waals surface area contributed by atoms with Crippen LogP contribution in [-0.2, 0) is 25.7 Å². The maximum atomic E-state index is 12.8. The Balaban J connectivity index is 1.46. The lowest BCUT2D eigenvalue weighted by molar-refractivity contribution is -0.150. The van der Waals surface area contributed by atoms with Gasteiger partial charge in [-0.1, -0.05) is 5.16 Å². The van der Waals surface area contributed by atoms with Crippen molar-refractivity contribution in [3.8, 4) is 11.4 Å². The highest BCUT2D eigenvalue weighted by atomic mass is 16.5. The summed E-state index contributed by atoms with van der Waals surface area (Å²) >= 11 is 0. The van der Waals surface area contributed by atoms with Crippen LogP contribution in [0.3, 0.4) is 0 Å². The van der Waals surface area contributed by atoms with Gasteiger partial charge in [0.1, 0.15) is 11.7 Å². The monoisotopic (exact) mass is 396 g/mol. The van der Waals surface area contributed by atoms with E-state index in [2.05, 4.69) is 20.4 Å². The van der Waals surface area contributed by atoms with Crippen molar-refractivity contribution >= 4 is 23.6 Å². The second-order valence-electron chi connectivity index (χ2n) is 6.62. The molecule has 1 fully saturated rings. The lowest BCUT2D eigenvalue weighted by Gasteiger charge is -2.29. The second kappa shape index (κ2) is 7.26. The summed E-state index contributed by atoms with van der Waals surface area (Å²) in [5.74, 6) is -1.69. The fourth-order valence-electron chi connectivity index (χ4n) is 3.19. The SMILES string of the molecule is CN(Cc1nc(-c2cccnc2)no1)C1=CC(=O)N(C2CCC(=O)NC2=O)C1=O. The van der Waals surface area contributed by atoms with E-state index in [1.54, 1.807) is 31.6 Å². The topological polar surface area (TPSA) is 139 Å². The molecule has 1 N–H and O–H groups in total. The third-order valence-corrected chi connectivity index (χ3v) is 4.63. The molecule has 0 aromatic carbocycles. The van der Waals surface area contributed by atoms with Crippen LogP contribution < -0.4 is 5.32 Å². The molecule has 2 aliphatic heterocycles. The average Bonchev–Trinajstić information content (AvgIpc) is 3.28. The van der Waals surface area contributed by atoms with Crippen LogP contribution in [0.15, 0.2) is 40.8 Å². The molecule has 148 valence electrons. The Kier molecular flexibility index (Phi) is 4.63. The number of hydrogen-bond acceptors (Lipinski definition) is 9. The molecule has 2 aromatic rings. The highest BCUT2D eigenvalue weighted by Crippen LogP contribution is 2.24. The summed E-state index contributed by atoms with van der Waals surface area (Å²) in [5.41, 5.74) is 0.779. The van der Waals surface area contributed by atoms with Crippen molar-refractivity contribution in [1.82, 2.24) is 30.2 Å². The predicted octanol–water partition coefficient (Wildman–Crippen LogP) is -0.379. The van der Waals surface area contributed by atoms with Crippen molar-refractivity contribution in [2.45, 2.75) is 25.4 Å². The van der Waals surface area contributed by atoms with Gasteiger partial charge in [0.25, 0.3) is 11.8 Å². The molecule has 29 heavy (non-hydrogen) atoms. The van der Waals surface area contributed by atoms with E-state index < -0.39 is 29.7 Å². The maximum absolute atomic E-state index is 12.8. The zero-order valence-corrected chi connectivity index (χ0v) is 15.4. The van der Waals surface area contributed by atoms with E-state index in [1.165, 1.54) is 4.90 Å². The summed E-state index contributed by atoms with van der Waals surface area (Å²) in [7, 11) is 1.60. The largest absolute Gasteiger partial charge is 0.361 e. The maximum Gasteiger partial charge on any atom is 0.277 e. The molecule has 2 aliphatic rings. The molecule has 0 saturated carbocycles. The van der Waals surface area contributed by atoms with Gasteiger partial charge in [-0.3, -0.25) is 34.4 Å². The zero-order chi connectivity index (χ0) is 20.5. The number of hydrogen-bond donors (Lipinski definition) is 1. The Morgan fingerprint density at radius 3 is 2.86 bits per heavy atom. The number of carbonyl (C=O) groups is 4. The van der Waals surface area contributed by atoms with Gasteiger partial charge in [0, 0.05) is 37.5 Å². The first-order chi connectivity index (χ1) is 13.9. The van der Waals surface area contributed by atoms with E-state index in [0.717, 1.165) is 11.0 Å². The summed E-state index contributed by atoms with van der Waals surface area (Å²) in [6.45, 7) is 0.0846. The third kappa shape index (κ3) is 3.49. The normalized spacial score (nSPS) is 19.4. The number of nitrogens with zero attached hydrogens (tertiary/aromatic N) is 5. The molecule has 1 atom stereocenters. The van der Waals surface area contributed by atoms with Gasteiger partial charge in [0.2, 0.25) is 23.5 Å². The van der Waals surface area contributed by atoms with Crippen LogP contribution >= 0.6 is 0 Å². The first kappa shape index (κ1) is 18.5. The Labute approximate surface area is 164 Å². The molecule has 4 amide bonds. The fourth-order valence-corrected chi connectivity index (χ4v) is 3.19. The van der Waals surface area contributed by atoms with Crippen molar-refractivity contribution in [1.29, 1.82) is 0 Å². The number of piperidine rings is 1. The number of rotatable bonds is 5. The fraction of sp³-hybridized carbons (Fsp3) is 0.278. The van der Waals surface area contributed by atoms with E-state index in [9.17, 15) is 19.2 Å². The molecule has 11 nitrogen and oxygen atoms in total. The van der Waals surface area contributed by atoms with Gasteiger partial charge < -0.3 is 9.42 Å². The van der Waals surface area contributed by atoms with Gasteiger partial charge in [0.05, 0.1) is 6.54 Å². The van der Waals surface area contributed by atoms with Gasteiger partial charge in [-0.05, 0) is 18.6 Å². The highest BCUT2D eigenvalue weighted by Gasteiger charge is 2.43. The molecule has 0 aliphatic carbocycles. The lowest BCUT2D eigenvalue weighted by Crippen LogP contribution is -2.54. The first-order valence-corrected chi connectivity index (χ1v) is 8.81. The van der Waals surface area contributed by atoms with Gasteiger partial charge in [-0.25, -0.2) is 0 Å². The molecule has 11 heteroatoms.